The number of hydrogen-bond donors (Lipinski definition) is 3. The summed E-state index contributed by atoms with van der Waals surface area (Å²) in [6.07, 6.45) is 10.3. The molecule has 3 fully saturated rings. The quantitative estimate of drug-likeness (QED) is 0.175. The fourth-order valence-corrected chi connectivity index (χ4v) is 10.7. The highest BCUT2D eigenvalue weighted by molar-refractivity contribution is 6.01. The number of fused-ring (bicyclic) bond motifs is 4. The first-order valence-corrected chi connectivity index (χ1v) is 22.1. The van der Waals surface area contributed by atoms with E-state index in [1.54, 1.807) is 14.4 Å². The van der Waals surface area contributed by atoms with Crippen LogP contribution >= 0.6 is 0 Å². The average molecular weight is 967 g/mol. The molecular weight excluding hydrogens is 923 g/mol. The Morgan fingerprint density at radius 2 is 1.22 bits per heavy atom. The Morgan fingerprint density at radius 1 is 0.710 bits per heavy atom. The Bertz CT molecular complexity index is 2930. The maximum Gasteiger partial charge on any atom is 0.275 e. The topological polar surface area (TPSA) is 191 Å². The van der Waals surface area contributed by atoms with Crippen LogP contribution in [0.25, 0.3) is 0 Å². The van der Waals surface area contributed by atoms with Crippen molar-refractivity contribution >= 4 is 23.6 Å². The van der Waals surface area contributed by atoms with E-state index in [0.717, 1.165) is 12.8 Å². The van der Waals surface area contributed by atoms with Crippen LogP contribution in [0, 0.1) is 34.9 Å². The third-order valence-electron chi connectivity index (χ3n) is 14.0. The van der Waals surface area contributed by atoms with Gasteiger partial charge in [-0.05, 0) is 38.5 Å². The normalized spacial score (nSPS) is 23.2. The van der Waals surface area contributed by atoms with Crippen LogP contribution in [0.5, 0.6) is 11.5 Å². The van der Waals surface area contributed by atoms with Gasteiger partial charge in [-0.25, -0.2) is 26.3 Å². The molecule has 8 heterocycles. The van der Waals surface area contributed by atoms with Crippen LogP contribution in [0.15, 0.2) is 58.4 Å². The van der Waals surface area contributed by atoms with Crippen molar-refractivity contribution in [2.75, 3.05) is 46.6 Å². The van der Waals surface area contributed by atoms with E-state index in [2.05, 4.69) is 10.6 Å². The van der Waals surface area contributed by atoms with E-state index >= 15 is 0 Å². The number of aromatic nitrogens is 2. The van der Waals surface area contributed by atoms with Gasteiger partial charge in [0.15, 0.2) is 22.9 Å². The molecule has 0 unspecified atom stereocenters. The summed E-state index contributed by atoms with van der Waals surface area (Å²) >= 11 is 0. The molecule has 2 spiro atoms. The number of benzene rings is 2. The zero-order valence-electron chi connectivity index (χ0n) is 36.9. The second-order valence-electron chi connectivity index (χ2n) is 17.6. The fourth-order valence-electron chi connectivity index (χ4n) is 10.7. The van der Waals surface area contributed by atoms with Gasteiger partial charge in [0.25, 0.3) is 23.6 Å². The summed E-state index contributed by atoms with van der Waals surface area (Å²) in [6.45, 7) is 1.01. The molecule has 10 rings (SSSR count). The minimum atomic E-state index is -1.19. The number of aromatic hydroxyl groups is 1. The van der Waals surface area contributed by atoms with E-state index in [0.29, 0.717) is 89.5 Å². The van der Waals surface area contributed by atoms with Crippen molar-refractivity contribution in [1.82, 2.24) is 29.6 Å². The van der Waals surface area contributed by atoms with Crippen LogP contribution in [0.1, 0.15) is 103 Å². The average Bonchev–Trinajstić information content (AvgIpc) is 3.31. The van der Waals surface area contributed by atoms with Crippen molar-refractivity contribution in [3.05, 3.63) is 138 Å². The molecule has 0 radical (unpaired) electrons. The van der Waals surface area contributed by atoms with Gasteiger partial charge in [-0.1, -0.05) is 12.2 Å². The molecule has 4 amide bonds. The van der Waals surface area contributed by atoms with Gasteiger partial charge in [0.1, 0.15) is 46.0 Å². The summed E-state index contributed by atoms with van der Waals surface area (Å²) in [6, 6.07) is 1.36. The Kier molecular flexibility index (Phi) is 12.4. The number of nitrogens with one attached hydrogen (secondary N) is 2. The number of pyridine rings is 2. The van der Waals surface area contributed by atoms with Gasteiger partial charge in [-0.3, -0.25) is 28.8 Å². The summed E-state index contributed by atoms with van der Waals surface area (Å²) in [7, 11) is 1.23. The van der Waals surface area contributed by atoms with E-state index in [4.69, 9.17) is 14.2 Å². The molecule has 0 saturated carbocycles. The maximum atomic E-state index is 14.0. The SMILES string of the molecule is COc1c2n(cc(C(=O)NCc3c(F)cc(F)cc3F)c1=O)[C@H]1CCOC[C@]13CC=CCN3C2=O.O=C(NCc1c(F)cc(F)cc1F)c1cn2c(c(O)c1=O)C(=O)N1CCCC[C@]13COCC[C@H]23. The molecule has 4 atom stereocenters. The number of hydrogen-bond acceptors (Lipinski definition) is 10. The van der Waals surface area contributed by atoms with Gasteiger partial charge in [-0.2, -0.15) is 0 Å². The van der Waals surface area contributed by atoms with Crippen molar-refractivity contribution in [3.63, 3.8) is 0 Å². The van der Waals surface area contributed by atoms with E-state index in [1.807, 2.05) is 12.2 Å². The third kappa shape index (κ3) is 7.82. The Labute approximate surface area is 388 Å². The highest BCUT2D eigenvalue weighted by Gasteiger charge is 2.56. The number of carbonyl (C=O) groups is 4. The standard InChI is InChI=1S/C24H22F3N3O5.C23H22F3N3O5/c1-34-21-19-23(33)30-6-3-2-5-24(30)12-35-7-4-18(24)29(19)11-15(20(21)31)22(32)28-10-14-16(26)8-13(25)9-17(14)27;24-12-7-15(25)13(16(26)8-12)9-27-21(32)14-10-28-17-3-6-34-11-23(17)4-1-2-5-29(23)22(33)18(28)20(31)19(14)30/h2-3,8-9,11,18H,4-7,10,12H2,1H3,(H,28,32);7-8,10,17,31H,1-6,9,11H2,(H,27,32)/t18-,24+;17-,23+/m00/s1. The molecule has 2 aromatic heterocycles. The van der Waals surface area contributed by atoms with Crippen LogP contribution in [0.4, 0.5) is 26.3 Å². The first-order chi connectivity index (χ1) is 33.0. The van der Waals surface area contributed by atoms with Crippen molar-refractivity contribution in [2.45, 2.75) is 74.8 Å². The number of rotatable bonds is 7. The minimum absolute atomic E-state index is 0.0440. The number of carbonyl (C=O) groups excluding carboxylic acids is 4. The summed E-state index contributed by atoms with van der Waals surface area (Å²) < 4.78 is 102. The van der Waals surface area contributed by atoms with Crippen LogP contribution in [0.3, 0.4) is 0 Å². The minimum Gasteiger partial charge on any atom is -0.503 e. The fraction of sp³-hybridized carbons (Fsp3) is 0.404. The zero-order valence-corrected chi connectivity index (χ0v) is 36.9. The van der Waals surface area contributed by atoms with Crippen molar-refractivity contribution in [2.24, 2.45) is 0 Å². The van der Waals surface area contributed by atoms with Crippen LogP contribution in [-0.2, 0) is 22.6 Å². The monoisotopic (exact) mass is 966 g/mol. The summed E-state index contributed by atoms with van der Waals surface area (Å²) in [5.41, 5.74) is -5.27. The second kappa shape index (κ2) is 18.2. The highest BCUT2D eigenvalue weighted by atomic mass is 19.2. The number of methoxy groups -OCH3 is 1. The lowest BCUT2D eigenvalue weighted by Crippen LogP contribution is -2.66. The first kappa shape index (κ1) is 47.1. The molecule has 69 heavy (non-hydrogen) atoms. The third-order valence-corrected chi connectivity index (χ3v) is 14.0. The number of amides is 4. The van der Waals surface area contributed by atoms with Crippen molar-refractivity contribution in [1.29, 1.82) is 0 Å². The van der Waals surface area contributed by atoms with Crippen LogP contribution in [0.2, 0.25) is 0 Å². The van der Waals surface area contributed by atoms with E-state index in [9.17, 15) is 60.2 Å². The van der Waals surface area contributed by atoms with Crippen molar-refractivity contribution in [3.8, 4) is 11.5 Å². The van der Waals surface area contributed by atoms with Crippen molar-refractivity contribution < 1.29 is 64.8 Å². The zero-order chi connectivity index (χ0) is 49.1. The molecule has 364 valence electrons. The van der Waals surface area contributed by atoms with Crippen LogP contribution < -0.4 is 26.2 Å². The molecule has 0 bridgehead atoms. The largest absolute Gasteiger partial charge is 0.503 e. The Hall–Kier alpha value is -6.94. The lowest BCUT2D eigenvalue weighted by Gasteiger charge is -2.57. The smallest absolute Gasteiger partial charge is 0.275 e. The molecule has 22 heteroatoms. The van der Waals surface area contributed by atoms with E-state index in [-0.39, 0.29) is 34.8 Å². The maximum absolute atomic E-state index is 14.0. The van der Waals surface area contributed by atoms with E-state index in [1.165, 1.54) is 24.1 Å². The number of nitrogens with zero attached hydrogens (tertiary/aromatic N) is 4. The molecule has 3 saturated heterocycles. The lowest BCUT2D eigenvalue weighted by atomic mass is 9.75. The molecular formula is C47H44F6N6O10. The predicted molar refractivity (Wildman–Crippen MR) is 229 cm³/mol. The summed E-state index contributed by atoms with van der Waals surface area (Å²) in [5.74, 6) is -10.8. The molecule has 3 N–H and O–H groups in total. The Morgan fingerprint density at radius 3 is 1.78 bits per heavy atom. The van der Waals surface area contributed by atoms with Gasteiger partial charge in [0.05, 0.1) is 43.5 Å². The second-order valence-corrected chi connectivity index (χ2v) is 17.6. The van der Waals surface area contributed by atoms with Crippen LogP contribution in [-0.4, -0.2) is 105 Å². The molecule has 4 aromatic rings. The predicted octanol–water partition coefficient (Wildman–Crippen LogP) is 4.56. The van der Waals surface area contributed by atoms with Gasteiger partial charge in [-0.15, -0.1) is 0 Å². The molecule has 0 aliphatic carbocycles. The summed E-state index contributed by atoms with van der Waals surface area (Å²) in [4.78, 5) is 81.9. The molecule has 16 nitrogen and oxygen atoms in total. The number of halogens is 6. The summed E-state index contributed by atoms with van der Waals surface area (Å²) in [5, 5.41) is 15.2. The molecule has 6 aliphatic heterocycles. The first-order valence-electron chi connectivity index (χ1n) is 22.1. The molecule has 2 aromatic carbocycles. The van der Waals surface area contributed by atoms with Gasteiger partial charge in [0, 0.05) is 87.2 Å². The Balaban J connectivity index is 0.000000172. The number of piperidine rings is 1. The van der Waals surface area contributed by atoms with Gasteiger partial charge in [0.2, 0.25) is 10.9 Å². The number of ether oxygens (including phenoxy) is 3. The molecule has 6 aliphatic rings. The van der Waals surface area contributed by atoms with E-state index < -0.39 is 116 Å². The van der Waals surface area contributed by atoms with Gasteiger partial charge < -0.3 is 48.9 Å². The van der Waals surface area contributed by atoms with Gasteiger partial charge >= 0.3 is 0 Å². The lowest BCUT2D eigenvalue weighted by molar-refractivity contribution is -0.0944. The highest BCUT2D eigenvalue weighted by Crippen LogP contribution is 2.48.